The zero-order valence-corrected chi connectivity index (χ0v) is 6.32. The van der Waals surface area contributed by atoms with Crippen molar-refractivity contribution in [3.8, 4) is 0 Å². The molecule has 2 rings (SSSR count). The van der Waals surface area contributed by atoms with Crippen molar-refractivity contribution in [3.05, 3.63) is 0 Å². The molecule has 11 heavy (non-hydrogen) atoms. The summed E-state index contributed by atoms with van der Waals surface area (Å²) in [7, 11) is 0. The maximum atomic E-state index is 12.5. The summed E-state index contributed by atoms with van der Waals surface area (Å²) >= 11 is 0. The number of halogens is 2. The van der Waals surface area contributed by atoms with E-state index < -0.39 is 11.5 Å². The van der Waals surface area contributed by atoms with Crippen LogP contribution in [0.3, 0.4) is 0 Å². The molecule has 0 aromatic heterocycles. The number of nitrogens with two attached hydrogens (primary N) is 1. The van der Waals surface area contributed by atoms with Gasteiger partial charge in [0.15, 0.2) is 0 Å². The molecule has 0 bridgehead atoms. The Morgan fingerprint density at radius 2 is 1.91 bits per heavy atom. The minimum absolute atomic E-state index is 0.128. The van der Waals surface area contributed by atoms with Crippen LogP contribution in [0, 0.1) is 0 Å². The second-order valence-corrected chi connectivity index (χ2v) is 3.67. The highest BCUT2D eigenvalue weighted by Gasteiger charge is 2.69. The van der Waals surface area contributed by atoms with Crippen LogP contribution >= 0.6 is 0 Å². The van der Waals surface area contributed by atoms with E-state index in [4.69, 9.17) is 5.73 Å². The Bertz CT molecular complexity index is 179. The monoisotopic (exact) mass is 162 g/mol. The van der Waals surface area contributed by atoms with E-state index >= 15 is 0 Å². The van der Waals surface area contributed by atoms with Crippen molar-refractivity contribution in [3.63, 3.8) is 0 Å². The van der Waals surface area contributed by atoms with Crippen LogP contribution in [0.5, 0.6) is 0 Å². The summed E-state index contributed by atoms with van der Waals surface area (Å²) in [6.07, 6.45) is 0.998. The first-order valence-corrected chi connectivity index (χ1v) is 3.93. The average molecular weight is 162 g/mol. The summed E-state index contributed by atoms with van der Waals surface area (Å²) in [4.78, 5) is 1.99. The second-order valence-electron chi connectivity index (χ2n) is 3.67. The van der Waals surface area contributed by atoms with Crippen molar-refractivity contribution in [1.82, 2.24) is 4.90 Å². The fourth-order valence-corrected chi connectivity index (χ4v) is 1.46. The first-order valence-electron chi connectivity index (χ1n) is 3.93. The molecule has 0 amide bonds. The van der Waals surface area contributed by atoms with Crippen LogP contribution in [0.2, 0.25) is 0 Å². The second kappa shape index (κ2) is 1.93. The summed E-state index contributed by atoms with van der Waals surface area (Å²) in [5, 5.41) is 0. The fourth-order valence-electron chi connectivity index (χ4n) is 1.46. The lowest BCUT2D eigenvalue weighted by molar-refractivity contribution is 0.0648. The lowest BCUT2D eigenvalue weighted by atomic mass is 10.1. The Kier molecular flexibility index (Phi) is 1.30. The summed E-state index contributed by atoms with van der Waals surface area (Å²) in [6, 6.07) is 0. The minimum Gasteiger partial charge on any atom is -0.319 e. The molecule has 1 heterocycles. The van der Waals surface area contributed by atoms with Gasteiger partial charge in [-0.05, 0) is 19.5 Å². The Hall–Kier alpha value is -0.220. The first kappa shape index (κ1) is 7.43. The highest BCUT2D eigenvalue weighted by Crippen LogP contribution is 2.51. The number of nitrogens with zero attached hydrogens (tertiary/aromatic N) is 1. The number of hydrogen-bond donors (Lipinski definition) is 1. The third-order valence-electron chi connectivity index (χ3n) is 2.60. The van der Waals surface area contributed by atoms with E-state index in [1.807, 2.05) is 4.90 Å². The number of rotatable bonds is 2. The molecule has 2 nitrogen and oxygen atoms in total. The van der Waals surface area contributed by atoms with Crippen LogP contribution < -0.4 is 5.73 Å². The van der Waals surface area contributed by atoms with E-state index in [0.29, 0.717) is 6.54 Å². The molecule has 0 radical (unpaired) electrons. The van der Waals surface area contributed by atoms with Crippen molar-refractivity contribution < 1.29 is 8.78 Å². The van der Waals surface area contributed by atoms with Crippen LogP contribution in [0.15, 0.2) is 0 Å². The zero-order chi connectivity index (χ0) is 8.11. The van der Waals surface area contributed by atoms with Crippen LogP contribution in [0.4, 0.5) is 8.78 Å². The molecule has 1 saturated heterocycles. The standard InChI is InChI=1S/C7H12F2N2/c8-7(9)4-6(7,10)5-11-2-1-3-11/h1-5,10H2. The van der Waals surface area contributed by atoms with E-state index in [1.54, 1.807) is 0 Å². The lowest BCUT2D eigenvalue weighted by Gasteiger charge is -2.32. The summed E-state index contributed by atoms with van der Waals surface area (Å²) in [5.74, 6) is -2.59. The topological polar surface area (TPSA) is 29.3 Å². The van der Waals surface area contributed by atoms with Gasteiger partial charge in [-0.2, -0.15) is 0 Å². The molecule has 1 saturated carbocycles. The van der Waals surface area contributed by atoms with E-state index in [0.717, 1.165) is 19.5 Å². The Balaban J connectivity index is 1.87. The van der Waals surface area contributed by atoms with Crippen molar-refractivity contribution >= 4 is 0 Å². The zero-order valence-electron chi connectivity index (χ0n) is 6.32. The van der Waals surface area contributed by atoms with Crippen LogP contribution in [-0.2, 0) is 0 Å². The SMILES string of the molecule is NC1(CN2CCC2)CC1(F)F. The largest absolute Gasteiger partial charge is 0.319 e. The number of likely N-dealkylation sites (tertiary alicyclic amines) is 1. The molecule has 0 aromatic carbocycles. The quantitative estimate of drug-likeness (QED) is 0.638. The van der Waals surface area contributed by atoms with Crippen molar-refractivity contribution in [2.75, 3.05) is 19.6 Å². The Labute approximate surface area is 64.3 Å². The molecule has 1 aliphatic heterocycles. The molecule has 0 aromatic rings. The van der Waals surface area contributed by atoms with Gasteiger partial charge in [0, 0.05) is 13.0 Å². The van der Waals surface area contributed by atoms with Gasteiger partial charge in [-0.1, -0.05) is 0 Å². The predicted octanol–water partition coefficient (Wildman–Crippen LogP) is 0.429. The highest BCUT2D eigenvalue weighted by atomic mass is 19.3. The van der Waals surface area contributed by atoms with Crippen molar-refractivity contribution in [2.24, 2.45) is 5.73 Å². The maximum absolute atomic E-state index is 12.5. The van der Waals surface area contributed by atoms with Gasteiger partial charge in [-0.3, -0.25) is 0 Å². The smallest absolute Gasteiger partial charge is 0.269 e. The summed E-state index contributed by atoms with van der Waals surface area (Å²) in [5.41, 5.74) is 4.26. The average Bonchev–Trinajstić information content (AvgIpc) is 2.24. The lowest BCUT2D eigenvalue weighted by Crippen LogP contribution is -2.48. The van der Waals surface area contributed by atoms with Gasteiger partial charge in [0.05, 0.1) is 5.54 Å². The van der Waals surface area contributed by atoms with Gasteiger partial charge in [0.25, 0.3) is 5.92 Å². The third-order valence-corrected chi connectivity index (χ3v) is 2.60. The maximum Gasteiger partial charge on any atom is 0.269 e. The molecule has 2 fully saturated rings. The van der Waals surface area contributed by atoms with Gasteiger partial charge < -0.3 is 10.6 Å². The Morgan fingerprint density at radius 1 is 1.36 bits per heavy atom. The van der Waals surface area contributed by atoms with E-state index in [1.165, 1.54) is 0 Å². The van der Waals surface area contributed by atoms with Gasteiger partial charge in [0.1, 0.15) is 0 Å². The molecular formula is C7H12F2N2. The van der Waals surface area contributed by atoms with E-state index in [9.17, 15) is 8.78 Å². The van der Waals surface area contributed by atoms with Crippen LogP contribution in [-0.4, -0.2) is 36.0 Å². The van der Waals surface area contributed by atoms with Gasteiger partial charge in [0.2, 0.25) is 0 Å². The normalized spacial score (nSPS) is 41.7. The molecule has 1 atom stereocenters. The van der Waals surface area contributed by atoms with Crippen LogP contribution in [0.25, 0.3) is 0 Å². The van der Waals surface area contributed by atoms with Crippen LogP contribution in [0.1, 0.15) is 12.8 Å². The van der Waals surface area contributed by atoms with Crippen molar-refractivity contribution in [1.29, 1.82) is 0 Å². The summed E-state index contributed by atoms with van der Waals surface area (Å²) in [6.45, 7) is 2.25. The summed E-state index contributed by atoms with van der Waals surface area (Å²) < 4.78 is 25.1. The fraction of sp³-hybridized carbons (Fsp3) is 1.00. The van der Waals surface area contributed by atoms with Gasteiger partial charge in [-0.15, -0.1) is 0 Å². The first-order chi connectivity index (χ1) is 5.04. The number of hydrogen-bond acceptors (Lipinski definition) is 2. The molecule has 2 N–H and O–H groups in total. The third kappa shape index (κ3) is 1.05. The molecular weight excluding hydrogens is 150 g/mol. The number of alkyl halides is 2. The predicted molar refractivity (Wildman–Crippen MR) is 37.5 cm³/mol. The highest BCUT2D eigenvalue weighted by molar-refractivity contribution is 5.17. The molecule has 1 aliphatic carbocycles. The Morgan fingerprint density at radius 3 is 2.18 bits per heavy atom. The van der Waals surface area contributed by atoms with Crippen molar-refractivity contribution in [2.45, 2.75) is 24.3 Å². The molecule has 2 aliphatic rings. The van der Waals surface area contributed by atoms with E-state index in [-0.39, 0.29) is 6.42 Å². The molecule has 64 valence electrons. The van der Waals surface area contributed by atoms with Gasteiger partial charge >= 0.3 is 0 Å². The minimum atomic E-state index is -2.59. The molecule has 4 heteroatoms. The molecule has 0 spiro atoms. The van der Waals surface area contributed by atoms with Gasteiger partial charge in [-0.25, -0.2) is 8.78 Å². The van der Waals surface area contributed by atoms with E-state index in [2.05, 4.69) is 0 Å². The molecule has 1 unspecified atom stereocenters.